The maximum Gasteiger partial charge on any atom is 0.409 e. The number of nitrogens with zero attached hydrogens (tertiary/aromatic N) is 2. The van der Waals surface area contributed by atoms with Gasteiger partial charge in [-0.1, -0.05) is 6.07 Å². The maximum absolute atomic E-state index is 12.3. The summed E-state index contributed by atoms with van der Waals surface area (Å²) in [5.41, 5.74) is 0.0552. The highest BCUT2D eigenvalue weighted by atomic mass is 16.6. The number of aromatic hydroxyl groups is 2. The van der Waals surface area contributed by atoms with Crippen LogP contribution in [0.4, 0.5) is 4.79 Å². The number of carbonyl (C=O) groups is 2. The predicted molar refractivity (Wildman–Crippen MR) is 74.3 cm³/mol. The number of phenols is 2. The number of amides is 2. The van der Waals surface area contributed by atoms with Crippen molar-refractivity contribution in [1.29, 1.82) is 0 Å². The molecule has 1 heterocycles. The summed E-state index contributed by atoms with van der Waals surface area (Å²) in [4.78, 5) is 26.9. The fraction of sp³-hybridized carbons (Fsp3) is 0.429. The number of benzene rings is 1. The summed E-state index contributed by atoms with van der Waals surface area (Å²) in [5.74, 6) is -1.12. The second kappa shape index (κ2) is 6.34. The van der Waals surface area contributed by atoms with Gasteiger partial charge in [0.1, 0.15) is 0 Å². The Morgan fingerprint density at radius 2 is 1.76 bits per heavy atom. The molecule has 2 rings (SSSR count). The SMILES string of the molecule is CCOC(=O)N1CCN(C(=O)c2cccc(O)c2O)CC1. The van der Waals surface area contributed by atoms with Crippen LogP contribution in [0.25, 0.3) is 0 Å². The molecule has 0 atom stereocenters. The third-order valence-electron chi connectivity index (χ3n) is 3.34. The third-order valence-corrected chi connectivity index (χ3v) is 3.34. The first-order valence-corrected chi connectivity index (χ1v) is 6.76. The van der Waals surface area contributed by atoms with Crippen molar-refractivity contribution in [2.75, 3.05) is 32.8 Å². The first kappa shape index (κ1) is 15.0. The van der Waals surface area contributed by atoms with E-state index in [4.69, 9.17) is 4.74 Å². The highest BCUT2D eigenvalue weighted by molar-refractivity contribution is 5.97. The molecule has 0 unspecified atom stereocenters. The molecule has 114 valence electrons. The quantitative estimate of drug-likeness (QED) is 0.795. The van der Waals surface area contributed by atoms with Crippen LogP contribution in [0.5, 0.6) is 11.5 Å². The zero-order valence-corrected chi connectivity index (χ0v) is 11.8. The van der Waals surface area contributed by atoms with E-state index in [0.29, 0.717) is 32.8 Å². The van der Waals surface area contributed by atoms with Gasteiger partial charge in [0.15, 0.2) is 11.5 Å². The van der Waals surface area contributed by atoms with E-state index < -0.39 is 5.75 Å². The molecule has 0 saturated carbocycles. The third kappa shape index (κ3) is 3.18. The van der Waals surface area contributed by atoms with E-state index in [1.54, 1.807) is 6.92 Å². The topological polar surface area (TPSA) is 90.3 Å². The minimum absolute atomic E-state index is 0.0552. The lowest BCUT2D eigenvalue weighted by atomic mass is 10.1. The molecule has 0 spiro atoms. The molecule has 1 fully saturated rings. The fourth-order valence-corrected chi connectivity index (χ4v) is 2.18. The van der Waals surface area contributed by atoms with E-state index in [1.165, 1.54) is 28.0 Å². The van der Waals surface area contributed by atoms with E-state index in [1.807, 2.05) is 0 Å². The normalized spacial score (nSPS) is 14.9. The average Bonchev–Trinajstić information content (AvgIpc) is 2.50. The average molecular weight is 294 g/mol. The van der Waals surface area contributed by atoms with E-state index in [2.05, 4.69) is 0 Å². The highest BCUT2D eigenvalue weighted by Crippen LogP contribution is 2.29. The number of carbonyl (C=O) groups excluding carboxylic acids is 2. The summed E-state index contributed by atoms with van der Waals surface area (Å²) < 4.78 is 4.91. The monoisotopic (exact) mass is 294 g/mol. The molecule has 7 nitrogen and oxygen atoms in total. The number of rotatable bonds is 2. The Labute approximate surface area is 122 Å². The van der Waals surface area contributed by atoms with Crippen molar-refractivity contribution in [2.24, 2.45) is 0 Å². The van der Waals surface area contributed by atoms with Crippen molar-refractivity contribution < 1.29 is 24.5 Å². The molecule has 0 aliphatic carbocycles. The van der Waals surface area contributed by atoms with Crippen molar-refractivity contribution >= 4 is 12.0 Å². The highest BCUT2D eigenvalue weighted by Gasteiger charge is 2.27. The van der Waals surface area contributed by atoms with Crippen molar-refractivity contribution in [3.63, 3.8) is 0 Å². The van der Waals surface area contributed by atoms with Crippen molar-refractivity contribution in [3.8, 4) is 11.5 Å². The minimum Gasteiger partial charge on any atom is -0.504 e. The Morgan fingerprint density at radius 1 is 1.14 bits per heavy atom. The van der Waals surface area contributed by atoms with Crippen LogP contribution in [-0.4, -0.2) is 64.8 Å². The summed E-state index contributed by atoms with van der Waals surface area (Å²) in [5, 5.41) is 19.2. The molecule has 1 aliphatic rings. The Balaban J connectivity index is 2.00. The molecule has 2 N–H and O–H groups in total. The van der Waals surface area contributed by atoms with Gasteiger partial charge in [-0.15, -0.1) is 0 Å². The van der Waals surface area contributed by atoms with E-state index >= 15 is 0 Å². The second-order valence-electron chi connectivity index (χ2n) is 4.65. The van der Waals surface area contributed by atoms with Gasteiger partial charge in [-0.25, -0.2) is 4.79 Å². The predicted octanol–water partition coefficient (Wildman–Crippen LogP) is 1.01. The molecule has 1 aromatic carbocycles. The fourth-order valence-electron chi connectivity index (χ4n) is 2.18. The molecule has 2 amide bonds. The Hall–Kier alpha value is -2.44. The van der Waals surface area contributed by atoms with Gasteiger partial charge in [-0.3, -0.25) is 4.79 Å². The van der Waals surface area contributed by atoms with Crippen LogP contribution < -0.4 is 0 Å². The Morgan fingerprint density at radius 3 is 2.38 bits per heavy atom. The number of para-hydroxylation sites is 1. The number of ether oxygens (including phenoxy) is 1. The van der Waals surface area contributed by atoms with Gasteiger partial charge in [0, 0.05) is 26.2 Å². The number of piperazine rings is 1. The maximum atomic E-state index is 12.3. The number of hydrogen-bond acceptors (Lipinski definition) is 5. The van der Waals surface area contributed by atoms with Crippen LogP contribution >= 0.6 is 0 Å². The molecule has 7 heteroatoms. The van der Waals surface area contributed by atoms with Crippen molar-refractivity contribution in [1.82, 2.24) is 9.80 Å². The summed E-state index contributed by atoms with van der Waals surface area (Å²) in [6.45, 7) is 3.52. The summed E-state index contributed by atoms with van der Waals surface area (Å²) >= 11 is 0. The molecule has 0 aromatic heterocycles. The lowest BCUT2D eigenvalue weighted by Gasteiger charge is -2.34. The standard InChI is InChI=1S/C14H18N2O5/c1-2-21-14(20)16-8-6-15(7-9-16)13(19)10-4-3-5-11(17)12(10)18/h3-5,17-18H,2,6-9H2,1H3. The van der Waals surface area contributed by atoms with E-state index in [0.717, 1.165) is 0 Å². The first-order valence-electron chi connectivity index (χ1n) is 6.76. The summed E-state index contributed by atoms with van der Waals surface area (Å²) in [6, 6.07) is 4.26. The molecule has 0 radical (unpaired) electrons. The van der Waals surface area contributed by atoms with Crippen LogP contribution in [0.3, 0.4) is 0 Å². The van der Waals surface area contributed by atoms with Gasteiger partial charge in [0.25, 0.3) is 5.91 Å². The van der Waals surface area contributed by atoms with Crippen LogP contribution in [0.15, 0.2) is 18.2 Å². The largest absolute Gasteiger partial charge is 0.504 e. The van der Waals surface area contributed by atoms with Crippen LogP contribution in [-0.2, 0) is 4.74 Å². The van der Waals surface area contributed by atoms with Gasteiger partial charge < -0.3 is 24.7 Å². The first-order chi connectivity index (χ1) is 10.0. The van der Waals surface area contributed by atoms with Crippen LogP contribution in [0.2, 0.25) is 0 Å². The molecular formula is C14H18N2O5. The van der Waals surface area contributed by atoms with Gasteiger partial charge >= 0.3 is 6.09 Å². The molecular weight excluding hydrogens is 276 g/mol. The van der Waals surface area contributed by atoms with Gasteiger partial charge in [0.2, 0.25) is 0 Å². The number of phenolic OH excluding ortho intramolecular Hbond substituents is 2. The molecule has 1 aromatic rings. The second-order valence-corrected chi connectivity index (χ2v) is 4.65. The zero-order valence-electron chi connectivity index (χ0n) is 11.8. The Bertz CT molecular complexity index is 538. The van der Waals surface area contributed by atoms with Crippen molar-refractivity contribution in [2.45, 2.75) is 6.92 Å². The lowest BCUT2D eigenvalue weighted by molar-refractivity contribution is 0.0567. The molecule has 1 saturated heterocycles. The summed E-state index contributed by atoms with van der Waals surface area (Å²) in [7, 11) is 0. The van der Waals surface area contributed by atoms with Crippen LogP contribution in [0, 0.1) is 0 Å². The Kier molecular flexibility index (Phi) is 4.52. The van der Waals surface area contributed by atoms with Gasteiger partial charge in [0.05, 0.1) is 12.2 Å². The van der Waals surface area contributed by atoms with E-state index in [9.17, 15) is 19.8 Å². The van der Waals surface area contributed by atoms with Crippen molar-refractivity contribution in [3.05, 3.63) is 23.8 Å². The van der Waals surface area contributed by atoms with Gasteiger partial charge in [-0.2, -0.15) is 0 Å². The minimum atomic E-state index is -0.421. The number of hydrogen-bond donors (Lipinski definition) is 2. The summed E-state index contributed by atoms with van der Waals surface area (Å²) in [6.07, 6.45) is -0.384. The van der Waals surface area contributed by atoms with Crippen LogP contribution in [0.1, 0.15) is 17.3 Å². The smallest absolute Gasteiger partial charge is 0.409 e. The molecule has 0 bridgehead atoms. The lowest BCUT2D eigenvalue weighted by Crippen LogP contribution is -2.50. The van der Waals surface area contributed by atoms with E-state index in [-0.39, 0.29) is 23.3 Å². The van der Waals surface area contributed by atoms with Gasteiger partial charge in [-0.05, 0) is 19.1 Å². The molecule has 1 aliphatic heterocycles. The zero-order chi connectivity index (χ0) is 15.4. The molecule has 21 heavy (non-hydrogen) atoms.